The first-order valence-electron chi connectivity index (χ1n) is 7.68. The Hall–Kier alpha value is -2.93. The van der Waals surface area contributed by atoms with Gasteiger partial charge in [-0.05, 0) is 49.8 Å². The summed E-state index contributed by atoms with van der Waals surface area (Å²) in [7, 11) is -3.62. The minimum Gasteiger partial charge on any atom is -0.280 e. The van der Waals surface area contributed by atoms with E-state index in [1.54, 1.807) is 23.6 Å². The molecule has 0 aliphatic heterocycles. The van der Waals surface area contributed by atoms with Gasteiger partial charge in [-0.15, -0.1) is 0 Å². The summed E-state index contributed by atoms with van der Waals surface area (Å²) in [6.45, 7) is 7.02. The van der Waals surface area contributed by atoms with E-state index in [-0.39, 0.29) is 4.91 Å². The van der Waals surface area contributed by atoms with Crippen molar-refractivity contribution in [3.8, 4) is 11.1 Å². The largest absolute Gasteiger partial charge is 0.280 e. The van der Waals surface area contributed by atoms with Gasteiger partial charge in [0, 0.05) is 17.4 Å². The molecule has 2 heterocycles. The van der Waals surface area contributed by atoms with Gasteiger partial charge in [0.1, 0.15) is 5.82 Å². The van der Waals surface area contributed by atoms with Gasteiger partial charge < -0.3 is 0 Å². The Morgan fingerprint density at radius 3 is 2.60 bits per heavy atom. The van der Waals surface area contributed by atoms with Crippen LogP contribution in [-0.2, 0) is 10.0 Å². The molecule has 0 saturated heterocycles. The van der Waals surface area contributed by atoms with Crippen molar-refractivity contribution in [1.82, 2.24) is 14.6 Å². The zero-order chi connectivity index (χ0) is 18.0. The lowest BCUT2D eigenvalue weighted by Gasteiger charge is -2.09. The van der Waals surface area contributed by atoms with E-state index in [2.05, 4.69) is 21.4 Å². The summed E-state index contributed by atoms with van der Waals surface area (Å²) >= 11 is 0. The van der Waals surface area contributed by atoms with E-state index < -0.39 is 10.0 Å². The van der Waals surface area contributed by atoms with E-state index in [1.165, 1.54) is 12.2 Å². The number of allylic oxidation sites excluding steroid dienone is 2. The Kier molecular flexibility index (Phi) is 4.41. The number of fused-ring (bicyclic) bond motifs is 1. The van der Waals surface area contributed by atoms with Crippen molar-refractivity contribution in [2.45, 2.75) is 13.8 Å². The normalized spacial score (nSPS) is 12.3. The highest BCUT2D eigenvalue weighted by Gasteiger charge is 2.14. The second-order valence-electron chi connectivity index (χ2n) is 5.43. The number of benzene rings is 1. The van der Waals surface area contributed by atoms with Crippen LogP contribution in [0.15, 0.2) is 66.2 Å². The Morgan fingerprint density at radius 1 is 1.24 bits per heavy atom. The van der Waals surface area contributed by atoms with Gasteiger partial charge >= 0.3 is 0 Å². The minimum absolute atomic E-state index is 0.139. The van der Waals surface area contributed by atoms with Crippen molar-refractivity contribution < 1.29 is 8.42 Å². The van der Waals surface area contributed by atoms with Crippen LogP contribution >= 0.6 is 0 Å². The Labute approximate surface area is 146 Å². The number of aryl methyl sites for hydroxylation is 1. The average Bonchev–Trinajstić information content (AvgIpc) is 2.96. The molecule has 0 spiro atoms. The van der Waals surface area contributed by atoms with Crippen molar-refractivity contribution in [3.05, 3.63) is 72.1 Å². The van der Waals surface area contributed by atoms with E-state index in [0.717, 1.165) is 16.8 Å². The number of nitrogens with one attached hydrogen (secondary N) is 1. The van der Waals surface area contributed by atoms with Crippen LogP contribution < -0.4 is 4.72 Å². The molecule has 128 valence electrons. The summed E-state index contributed by atoms with van der Waals surface area (Å²) in [5.74, 6) is 0.695. The zero-order valence-corrected chi connectivity index (χ0v) is 14.8. The van der Waals surface area contributed by atoms with Gasteiger partial charge in [0.2, 0.25) is 0 Å². The van der Waals surface area contributed by atoms with Gasteiger partial charge in [-0.3, -0.25) is 4.72 Å². The number of nitrogens with zero attached hydrogens (tertiary/aromatic N) is 3. The maximum atomic E-state index is 12.2. The molecule has 0 radical (unpaired) electrons. The quantitative estimate of drug-likeness (QED) is 0.711. The number of hydrogen-bond donors (Lipinski definition) is 1. The average molecular weight is 354 g/mol. The first-order chi connectivity index (χ1) is 11.9. The smallest absolute Gasteiger partial charge is 0.261 e. The molecule has 1 N–H and O–H groups in total. The SMILES string of the molecule is C=CC(=CC)S(=O)(=O)Nc1ccc(-c2cccn3nc(C)nc23)cc1. The molecule has 3 rings (SSSR count). The molecule has 0 aliphatic rings. The third kappa shape index (κ3) is 3.32. The predicted octanol–water partition coefficient (Wildman–Crippen LogP) is 3.54. The molecule has 0 unspecified atom stereocenters. The molecule has 6 nitrogen and oxygen atoms in total. The highest BCUT2D eigenvalue weighted by Crippen LogP contribution is 2.25. The third-order valence-corrected chi connectivity index (χ3v) is 5.24. The highest BCUT2D eigenvalue weighted by molar-refractivity contribution is 7.96. The monoisotopic (exact) mass is 354 g/mol. The maximum absolute atomic E-state index is 12.2. The number of aromatic nitrogens is 3. The fourth-order valence-corrected chi connectivity index (χ4v) is 3.65. The van der Waals surface area contributed by atoms with E-state index >= 15 is 0 Å². The van der Waals surface area contributed by atoms with E-state index in [1.807, 2.05) is 37.4 Å². The summed E-state index contributed by atoms with van der Waals surface area (Å²) in [6.07, 6.45) is 4.65. The molecule has 0 saturated carbocycles. The van der Waals surface area contributed by atoms with Crippen molar-refractivity contribution in [2.24, 2.45) is 0 Å². The van der Waals surface area contributed by atoms with Crippen LogP contribution in [0, 0.1) is 6.92 Å². The standard InChI is InChI=1S/C18H18N4O2S/c1-4-16(5-2)25(23,24)21-15-10-8-14(9-11-15)17-7-6-12-22-18(17)19-13(3)20-22/h4-12,21H,1H2,2-3H3. The summed E-state index contributed by atoms with van der Waals surface area (Å²) in [4.78, 5) is 4.58. The number of sulfonamides is 1. The Morgan fingerprint density at radius 2 is 1.96 bits per heavy atom. The zero-order valence-electron chi connectivity index (χ0n) is 14.0. The van der Waals surface area contributed by atoms with Gasteiger partial charge in [0.15, 0.2) is 5.65 Å². The van der Waals surface area contributed by atoms with Gasteiger partial charge in [-0.2, -0.15) is 5.10 Å². The number of hydrogen-bond acceptors (Lipinski definition) is 4. The molecule has 0 bridgehead atoms. The number of anilines is 1. The van der Waals surface area contributed by atoms with Crippen LogP contribution in [0.3, 0.4) is 0 Å². The second kappa shape index (κ2) is 6.52. The van der Waals surface area contributed by atoms with Crippen molar-refractivity contribution in [2.75, 3.05) is 4.72 Å². The molecule has 0 fully saturated rings. The fraction of sp³-hybridized carbons (Fsp3) is 0.111. The van der Waals surface area contributed by atoms with Crippen molar-refractivity contribution >= 4 is 21.4 Å². The maximum Gasteiger partial charge on any atom is 0.261 e. The molecule has 1 aromatic carbocycles. The fourth-order valence-electron chi connectivity index (χ4n) is 2.55. The predicted molar refractivity (Wildman–Crippen MR) is 99.7 cm³/mol. The van der Waals surface area contributed by atoms with Crippen molar-refractivity contribution in [3.63, 3.8) is 0 Å². The molecule has 2 aromatic heterocycles. The summed E-state index contributed by atoms with van der Waals surface area (Å²) in [5.41, 5.74) is 3.10. The number of pyridine rings is 1. The lowest BCUT2D eigenvalue weighted by Crippen LogP contribution is -2.13. The van der Waals surface area contributed by atoms with Crippen LogP contribution in [0.4, 0.5) is 5.69 Å². The molecular weight excluding hydrogens is 336 g/mol. The molecular formula is C18H18N4O2S. The summed E-state index contributed by atoms with van der Waals surface area (Å²) in [6, 6.07) is 11.0. The molecule has 0 aliphatic carbocycles. The first-order valence-corrected chi connectivity index (χ1v) is 9.17. The van der Waals surface area contributed by atoms with Gasteiger partial charge in [0.25, 0.3) is 10.0 Å². The van der Waals surface area contributed by atoms with Crippen LogP contribution in [-0.4, -0.2) is 23.0 Å². The third-order valence-electron chi connectivity index (χ3n) is 3.71. The Balaban J connectivity index is 1.94. The summed E-state index contributed by atoms with van der Waals surface area (Å²) in [5, 5.41) is 4.30. The van der Waals surface area contributed by atoms with Crippen LogP contribution in [0.2, 0.25) is 0 Å². The molecule has 7 heteroatoms. The molecule has 25 heavy (non-hydrogen) atoms. The first kappa shape index (κ1) is 16.9. The van der Waals surface area contributed by atoms with Crippen LogP contribution in [0.1, 0.15) is 12.7 Å². The van der Waals surface area contributed by atoms with E-state index in [4.69, 9.17) is 0 Å². The molecule has 0 amide bonds. The number of rotatable bonds is 5. The van der Waals surface area contributed by atoms with Gasteiger partial charge in [-0.25, -0.2) is 17.9 Å². The van der Waals surface area contributed by atoms with Crippen molar-refractivity contribution in [1.29, 1.82) is 0 Å². The highest BCUT2D eigenvalue weighted by atomic mass is 32.2. The van der Waals surface area contributed by atoms with Gasteiger partial charge in [0.05, 0.1) is 4.91 Å². The minimum atomic E-state index is -3.62. The topological polar surface area (TPSA) is 76.4 Å². The lowest BCUT2D eigenvalue weighted by molar-refractivity contribution is 0.608. The van der Waals surface area contributed by atoms with Crippen LogP contribution in [0.25, 0.3) is 16.8 Å². The lowest BCUT2D eigenvalue weighted by atomic mass is 10.1. The second-order valence-corrected chi connectivity index (χ2v) is 7.11. The Bertz CT molecular complexity index is 1060. The van der Waals surface area contributed by atoms with Crippen LogP contribution in [0.5, 0.6) is 0 Å². The molecule has 3 aromatic rings. The molecule has 0 atom stereocenters. The van der Waals surface area contributed by atoms with Gasteiger partial charge in [-0.1, -0.05) is 24.8 Å². The van der Waals surface area contributed by atoms with E-state index in [0.29, 0.717) is 11.5 Å². The summed E-state index contributed by atoms with van der Waals surface area (Å²) < 4.78 is 28.7. The van der Waals surface area contributed by atoms with E-state index in [9.17, 15) is 8.42 Å².